The molecule has 6 rings (SSSR count). The number of rotatable bonds is 18. The van der Waals surface area contributed by atoms with E-state index >= 15 is 0 Å². The third kappa shape index (κ3) is 9.45. The van der Waals surface area contributed by atoms with Gasteiger partial charge in [-0.1, -0.05) is 61.0 Å². The normalized spacial score (nSPS) is 19.8. The summed E-state index contributed by atoms with van der Waals surface area (Å²) >= 11 is 0. The number of amides is 2. The van der Waals surface area contributed by atoms with Gasteiger partial charge in [-0.2, -0.15) is 4.98 Å². The fraction of sp³-hybridized carbons (Fsp3) is 0.426. The van der Waals surface area contributed by atoms with Gasteiger partial charge in [0.25, 0.3) is 0 Å². The molecule has 11 nitrogen and oxygen atoms in total. The van der Waals surface area contributed by atoms with Gasteiger partial charge in [0.2, 0.25) is 5.88 Å². The number of hydrogen-bond acceptors (Lipinski definition) is 9. The molecule has 0 spiro atoms. The number of aryl methyl sites for hydroxylation is 1. The lowest BCUT2D eigenvalue weighted by molar-refractivity contribution is -0.149. The van der Waals surface area contributed by atoms with Crippen LogP contribution in [0.1, 0.15) is 69.9 Å². The molecule has 58 heavy (non-hydrogen) atoms. The van der Waals surface area contributed by atoms with Gasteiger partial charge in [-0.3, -0.25) is 9.59 Å². The van der Waals surface area contributed by atoms with Gasteiger partial charge >= 0.3 is 12.0 Å². The molecule has 2 amide bonds. The van der Waals surface area contributed by atoms with Crippen molar-refractivity contribution in [3.8, 4) is 41.1 Å². The highest BCUT2D eigenvalue weighted by Gasteiger charge is 2.59. The zero-order valence-corrected chi connectivity index (χ0v) is 34.2. The Bertz CT molecular complexity index is 2150. The molecule has 0 unspecified atom stereocenters. The zero-order chi connectivity index (χ0) is 41.2. The summed E-state index contributed by atoms with van der Waals surface area (Å²) in [7, 11) is 3.25. The van der Waals surface area contributed by atoms with E-state index in [1.807, 2.05) is 85.5 Å². The van der Waals surface area contributed by atoms with Crippen LogP contribution in [0.4, 0.5) is 4.79 Å². The number of carbonyl (C=O) groups excluding carboxylic acids is 3. The van der Waals surface area contributed by atoms with E-state index in [0.29, 0.717) is 55.5 Å². The maximum Gasteiger partial charge on any atom is 0.321 e. The minimum atomic E-state index is -0.650. The Labute approximate surface area is 341 Å². The number of aromatic nitrogens is 2. The first-order chi connectivity index (χ1) is 28.1. The fourth-order valence-electron chi connectivity index (χ4n) is 7.88. The maximum absolute atomic E-state index is 14.5. The van der Waals surface area contributed by atoms with Crippen molar-refractivity contribution in [3.05, 3.63) is 90.0 Å². The SMILES string of the molecule is C#CC[C@]1(C(=O)OCC)C[C@H]1/C=C\CCCCCN(Cc1ccc(OC)cc1)C(=O)N1C[C@H](Oc2nc(-c3ccccc3)nc3c(C)c(OC)ccc23)C[C@H]1C(C)=O. The molecular formula is C47H54N4O7. The number of ether oxygens (including phenoxy) is 4. The number of esters is 1. The van der Waals surface area contributed by atoms with Gasteiger partial charge in [0.05, 0.1) is 49.7 Å². The van der Waals surface area contributed by atoms with E-state index < -0.39 is 17.6 Å². The second kappa shape index (κ2) is 19.0. The molecule has 1 aliphatic heterocycles. The molecule has 4 atom stereocenters. The third-order valence-electron chi connectivity index (χ3n) is 11.2. The summed E-state index contributed by atoms with van der Waals surface area (Å²) in [5.74, 6) is 4.79. The van der Waals surface area contributed by atoms with E-state index in [1.54, 1.807) is 19.1 Å². The van der Waals surface area contributed by atoms with Crippen molar-refractivity contribution in [1.82, 2.24) is 19.8 Å². The Hall–Kier alpha value is -5.89. The van der Waals surface area contributed by atoms with E-state index in [4.69, 9.17) is 35.3 Å². The molecule has 1 aliphatic carbocycles. The standard InChI is InChI=1S/C47H54N4O7/c1-7-26-47(45(53)57-8-2)29-36(47)19-15-10-9-11-16-27-50(30-34-20-22-37(55-5)23-21-34)46(54)51-31-38(28-40(51)33(4)52)58-44-39-24-25-41(56-6)32(3)42(39)48-43(49-44)35-17-13-12-14-18-35/h1,12-15,17-25,36,38,40H,8-11,16,26-31H2,2-6H3/b19-15-/t36-,38-,40+,47+/m1/s1. The molecule has 1 saturated carbocycles. The maximum atomic E-state index is 14.5. The lowest BCUT2D eigenvalue weighted by Gasteiger charge is -2.31. The summed E-state index contributed by atoms with van der Waals surface area (Å²) < 4.78 is 22.9. The van der Waals surface area contributed by atoms with E-state index in [0.717, 1.165) is 59.9 Å². The Morgan fingerprint density at radius 2 is 1.78 bits per heavy atom. The van der Waals surface area contributed by atoms with Gasteiger partial charge in [-0.05, 0) is 82.2 Å². The Balaban J connectivity index is 1.16. The summed E-state index contributed by atoms with van der Waals surface area (Å²) in [6.07, 6.45) is 14.2. The number of Topliss-reactive ketones (excluding diaryl/α,β-unsaturated/α-hetero) is 1. The molecule has 2 aliphatic rings. The average molecular weight is 787 g/mol. The number of ketones is 1. The monoisotopic (exact) mass is 786 g/mol. The topological polar surface area (TPSA) is 120 Å². The summed E-state index contributed by atoms with van der Waals surface area (Å²) in [6, 6.07) is 20.3. The number of fused-ring (bicyclic) bond motifs is 1. The van der Waals surface area contributed by atoms with Crippen LogP contribution in [-0.4, -0.2) is 83.6 Å². The predicted octanol–water partition coefficient (Wildman–Crippen LogP) is 8.36. The van der Waals surface area contributed by atoms with E-state index in [2.05, 4.69) is 18.1 Å². The van der Waals surface area contributed by atoms with Crippen molar-refractivity contribution < 1.29 is 33.3 Å². The highest BCUT2D eigenvalue weighted by molar-refractivity contribution is 5.90. The van der Waals surface area contributed by atoms with Crippen LogP contribution >= 0.6 is 0 Å². The number of benzene rings is 3. The molecule has 304 valence electrons. The number of hydrogen-bond donors (Lipinski definition) is 0. The Morgan fingerprint density at radius 3 is 2.47 bits per heavy atom. The van der Waals surface area contributed by atoms with Gasteiger partial charge < -0.3 is 28.7 Å². The second-order valence-electron chi connectivity index (χ2n) is 15.2. The molecule has 11 heteroatoms. The van der Waals surface area contributed by atoms with Gasteiger partial charge in [0, 0.05) is 37.1 Å². The molecule has 1 saturated heterocycles. The Kier molecular flexibility index (Phi) is 13.7. The van der Waals surface area contributed by atoms with Crippen molar-refractivity contribution >= 4 is 28.7 Å². The van der Waals surface area contributed by atoms with Crippen LogP contribution in [0, 0.1) is 30.6 Å². The number of urea groups is 1. The lowest BCUT2D eigenvalue weighted by atomic mass is 9.99. The summed E-state index contributed by atoms with van der Waals surface area (Å²) in [6.45, 7) is 6.74. The molecule has 4 aromatic rings. The molecule has 0 radical (unpaired) electrons. The van der Waals surface area contributed by atoms with Crippen LogP contribution in [-0.2, 0) is 20.9 Å². The number of nitrogens with zero attached hydrogens (tertiary/aromatic N) is 4. The van der Waals surface area contributed by atoms with Crippen molar-refractivity contribution in [1.29, 1.82) is 0 Å². The van der Waals surface area contributed by atoms with Crippen LogP contribution in [0.2, 0.25) is 0 Å². The van der Waals surface area contributed by atoms with Crippen molar-refractivity contribution in [3.63, 3.8) is 0 Å². The minimum absolute atomic E-state index is 0.0985. The van der Waals surface area contributed by atoms with Gasteiger partial charge in [-0.15, -0.1) is 12.3 Å². The summed E-state index contributed by atoms with van der Waals surface area (Å²) in [4.78, 5) is 53.5. The predicted molar refractivity (Wildman–Crippen MR) is 224 cm³/mol. The Morgan fingerprint density at radius 1 is 1.00 bits per heavy atom. The minimum Gasteiger partial charge on any atom is -0.497 e. The van der Waals surface area contributed by atoms with Crippen LogP contribution in [0.15, 0.2) is 78.9 Å². The molecule has 3 aromatic carbocycles. The van der Waals surface area contributed by atoms with Crippen LogP contribution < -0.4 is 14.2 Å². The van der Waals surface area contributed by atoms with Crippen molar-refractivity contribution in [2.45, 2.75) is 84.4 Å². The number of unbranched alkanes of at least 4 members (excludes halogenated alkanes) is 3. The first kappa shape index (κ1) is 41.7. The summed E-state index contributed by atoms with van der Waals surface area (Å²) in [5.41, 5.74) is 2.78. The van der Waals surface area contributed by atoms with Gasteiger partial charge in [-0.25, -0.2) is 9.78 Å². The number of allylic oxidation sites excluding steroid dienone is 2. The lowest BCUT2D eigenvalue weighted by Crippen LogP contribution is -2.48. The first-order valence-electron chi connectivity index (χ1n) is 20.2. The van der Waals surface area contributed by atoms with E-state index in [1.165, 1.54) is 6.92 Å². The first-order valence-corrected chi connectivity index (χ1v) is 20.2. The summed E-state index contributed by atoms with van der Waals surface area (Å²) in [5, 5.41) is 0.723. The third-order valence-corrected chi connectivity index (χ3v) is 11.2. The number of carbonyl (C=O) groups is 3. The largest absolute Gasteiger partial charge is 0.497 e. The van der Waals surface area contributed by atoms with Crippen LogP contribution in [0.25, 0.3) is 22.3 Å². The fourth-order valence-corrected chi connectivity index (χ4v) is 7.88. The average Bonchev–Trinajstić information content (AvgIpc) is 3.77. The molecule has 1 aromatic heterocycles. The highest BCUT2D eigenvalue weighted by atomic mass is 16.5. The molecule has 2 heterocycles. The smallest absolute Gasteiger partial charge is 0.321 e. The zero-order valence-electron chi connectivity index (χ0n) is 34.2. The van der Waals surface area contributed by atoms with Gasteiger partial charge in [0.1, 0.15) is 17.6 Å². The van der Waals surface area contributed by atoms with Gasteiger partial charge in [0.15, 0.2) is 11.6 Å². The van der Waals surface area contributed by atoms with Crippen LogP contribution in [0.3, 0.4) is 0 Å². The second-order valence-corrected chi connectivity index (χ2v) is 15.2. The van der Waals surface area contributed by atoms with E-state index in [9.17, 15) is 14.4 Å². The molecule has 0 N–H and O–H groups in total. The molecular weight excluding hydrogens is 733 g/mol. The van der Waals surface area contributed by atoms with E-state index in [-0.39, 0.29) is 30.2 Å². The number of terminal acetylenes is 1. The molecule has 0 bridgehead atoms. The number of methoxy groups -OCH3 is 2. The van der Waals surface area contributed by atoms with Crippen molar-refractivity contribution in [2.24, 2.45) is 11.3 Å². The van der Waals surface area contributed by atoms with Crippen LogP contribution in [0.5, 0.6) is 17.4 Å². The number of likely N-dealkylation sites (tertiary alicyclic amines) is 1. The molecule has 2 fully saturated rings. The quantitative estimate of drug-likeness (QED) is 0.0424. The van der Waals surface area contributed by atoms with Crippen molar-refractivity contribution in [2.75, 3.05) is 33.9 Å². The highest BCUT2D eigenvalue weighted by Crippen LogP contribution is 2.57.